The monoisotopic (exact) mass is 242 g/mol. The summed E-state index contributed by atoms with van der Waals surface area (Å²) in [6.45, 7) is 8.33. The van der Waals surface area contributed by atoms with Crippen molar-refractivity contribution in [2.45, 2.75) is 45.3 Å². The van der Waals surface area contributed by atoms with Crippen LogP contribution in [0, 0.1) is 0 Å². The number of hydrogen-bond donors (Lipinski definition) is 0. The Balaban J connectivity index is 1.88. The maximum atomic E-state index is 6.06. The van der Waals surface area contributed by atoms with Gasteiger partial charge < -0.3 is 9.31 Å². The van der Waals surface area contributed by atoms with Gasteiger partial charge in [-0.3, -0.25) is 0 Å². The van der Waals surface area contributed by atoms with Crippen molar-refractivity contribution in [2.75, 3.05) is 0 Å². The molecule has 0 atom stereocenters. The molecule has 3 heteroatoms. The molecule has 0 amide bonds. The summed E-state index contributed by atoms with van der Waals surface area (Å²) in [7, 11) is -0.255. The third-order valence-electron chi connectivity index (χ3n) is 4.19. The van der Waals surface area contributed by atoms with Crippen molar-refractivity contribution in [1.29, 1.82) is 0 Å². The second kappa shape index (κ2) is 3.72. The van der Waals surface area contributed by atoms with Crippen LogP contribution in [-0.4, -0.2) is 18.3 Å². The summed E-state index contributed by atoms with van der Waals surface area (Å²) >= 11 is 0. The summed E-state index contributed by atoms with van der Waals surface area (Å²) in [6.07, 6.45) is 3.36. The molecule has 0 saturated carbocycles. The molecule has 1 fully saturated rings. The molecule has 0 radical (unpaired) electrons. The van der Waals surface area contributed by atoms with Crippen LogP contribution in [0.4, 0.5) is 0 Å². The second-order valence-corrected chi connectivity index (χ2v) is 6.15. The fourth-order valence-corrected chi connectivity index (χ4v) is 2.15. The van der Waals surface area contributed by atoms with Crippen LogP contribution in [-0.2, 0) is 9.31 Å². The Labute approximate surface area is 109 Å². The van der Waals surface area contributed by atoms with Gasteiger partial charge in [0.25, 0.3) is 0 Å². The molecule has 3 rings (SSSR count). The number of benzene rings is 1. The van der Waals surface area contributed by atoms with Crippen molar-refractivity contribution >= 4 is 18.2 Å². The Morgan fingerprint density at radius 2 is 1.67 bits per heavy atom. The predicted octanol–water partition coefficient (Wildman–Crippen LogP) is 2.77. The fraction of sp³-hybridized carbons (Fsp3) is 0.467. The van der Waals surface area contributed by atoms with E-state index in [0.29, 0.717) is 0 Å². The zero-order valence-corrected chi connectivity index (χ0v) is 11.5. The average molecular weight is 242 g/mol. The molecule has 1 aliphatic carbocycles. The summed E-state index contributed by atoms with van der Waals surface area (Å²) in [5.41, 5.74) is 3.29. The molecule has 0 bridgehead atoms. The highest BCUT2D eigenvalue weighted by molar-refractivity contribution is 6.62. The van der Waals surface area contributed by atoms with Gasteiger partial charge in [0.15, 0.2) is 0 Å². The molecule has 0 aromatic heterocycles. The highest BCUT2D eigenvalue weighted by atomic mass is 16.7. The fourth-order valence-electron chi connectivity index (χ4n) is 2.15. The second-order valence-electron chi connectivity index (χ2n) is 6.15. The van der Waals surface area contributed by atoms with Gasteiger partial charge in [0, 0.05) is 0 Å². The Hall–Kier alpha value is -1.06. The van der Waals surface area contributed by atoms with Gasteiger partial charge in [-0.1, -0.05) is 30.3 Å². The minimum absolute atomic E-state index is 0.255. The lowest BCUT2D eigenvalue weighted by molar-refractivity contribution is 0.00578. The van der Waals surface area contributed by atoms with Crippen LogP contribution in [0.3, 0.4) is 0 Å². The molecule has 18 heavy (non-hydrogen) atoms. The molecule has 0 N–H and O–H groups in total. The average Bonchev–Trinajstić information content (AvgIpc) is 3.08. The molecule has 1 aliphatic heterocycles. The van der Waals surface area contributed by atoms with Crippen molar-refractivity contribution in [3.63, 3.8) is 0 Å². The normalized spacial score (nSPS) is 24.0. The summed E-state index contributed by atoms with van der Waals surface area (Å²) < 4.78 is 12.1. The summed E-state index contributed by atoms with van der Waals surface area (Å²) in [5, 5.41) is 0. The summed E-state index contributed by atoms with van der Waals surface area (Å²) in [4.78, 5) is 0. The first kappa shape index (κ1) is 12.0. The highest BCUT2D eigenvalue weighted by Gasteiger charge is 2.51. The van der Waals surface area contributed by atoms with Crippen LogP contribution in [0.5, 0.6) is 0 Å². The standard InChI is InChI=1S/C15H19BO2/c1-14(2)15(3,4)18-16(17-14)13-7-5-6-12(10-13)11-8-9-11/h5-8,10H,9H2,1-4H3. The number of allylic oxidation sites excluding steroid dienone is 2. The van der Waals surface area contributed by atoms with E-state index < -0.39 is 0 Å². The van der Waals surface area contributed by atoms with E-state index >= 15 is 0 Å². The summed E-state index contributed by atoms with van der Waals surface area (Å²) in [5.74, 6) is 0. The van der Waals surface area contributed by atoms with Crippen LogP contribution in [0.15, 0.2) is 30.3 Å². The van der Waals surface area contributed by atoms with E-state index in [1.165, 1.54) is 11.1 Å². The number of rotatable bonds is 2. The Bertz CT molecular complexity index is 501. The van der Waals surface area contributed by atoms with E-state index in [9.17, 15) is 0 Å². The van der Waals surface area contributed by atoms with E-state index in [1.807, 2.05) is 0 Å². The van der Waals surface area contributed by atoms with Gasteiger partial charge in [0.2, 0.25) is 0 Å². The van der Waals surface area contributed by atoms with Crippen LogP contribution in [0.1, 0.15) is 39.7 Å². The van der Waals surface area contributed by atoms with Gasteiger partial charge >= 0.3 is 7.12 Å². The molecule has 0 unspecified atom stereocenters. The number of hydrogen-bond acceptors (Lipinski definition) is 2. The van der Waals surface area contributed by atoms with Gasteiger partial charge in [0.1, 0.15) is 0 Å². The lowest BCUT2D eigenvalue weighted by Crippen LogP contribution is -2.41. The molecule has 1 aromatic rings. The molecule has 1 saturated heterocycles. The predicted molar refractivity (Wildman–Crippen MR) is 74.8 cm³/mol. The molecule has 1 aromatic carbocycles. The molecule has 0 spiro atoms. The Morgan fingerprint density at radius 3 is 2.22 bits per heavy atom. The van der Waals surface area contributed by atoms with Crippen LogP contribution in [0.25, 0.3) is 5.57 Å². The van der Waals surface area contributed by atoms with Crippen molar-refractivity contribution in [2.24, 2.45) is 0 Å². The molecule has 2 aliphatic rings. The quantitative estimate of drug-likeness (QED) is 0.742. The maximum absolute atomic E-state index is 6.06. The van der Waals surface area contributed by atoms with E-state index in [0.717, 1.165) is 11.9 Å². The van der Waals surface area contributed by atoms with Crippen molar-refractivity contribution in [3.05, 3.63) is 35.9 Å². The first-order chi connectivity index (χ1) is 8.39. The van der Waals surface area contributed by atoms with Crippen molar-refractivity contribution < 1.29 is 9.31 Å². The first-order valence-corrected chi connectivity index (χ1v) is 6.54. The summed E-state index contributed by atoms with van der Waals surface area (Å²) in [6, 6.07) is 8.48. The largest absolute Gasteiger partial charge is 0.494 e. The third-order valence-corrected chi connectivity index (χ3v) is 4.19. The molecular weight excluding hydrogens is 223 g/mol. The lowest BCUT2D eigenvalue weighted by Gasteiger charge is -2.32. The maximum Gasteiger partial charge on any atom is 0.494 e. The molecule has 94 valence electrons. The molecule has 2 nitrogen and oxygen atoms in total. The first-order valence-electron chi connectivity index (χ1n) is 6.54. The third kappa shape index (κ3) is 1.92. The zero-order chi connectivity index (χ0) is 13.0. The van der Waals surface area contributed by atoms with Crippen molar-refractivity contribution in [1.82, 2.24) is 0 Å². The lowest BCUT2D eigenvalue weighted by atomic mass is 9.78. The highest BCUT2D eigenvalue weighted by Crippen LogP contribution is 2.37. The van der Waals surface area contributed by atoms with E-state index in [4.69, 9.17) is 9.31 Å². The van der Waals surface area contributed by atoms with Gasteiger partial charge in [-0.25, -0.2) is 0 Å². The van der Waals surface area contributed by atoms with E-state index in [1.54, 1.807) is 0 Å². The Kier molecular flexibility index (Phi) is 2.48. The molecular formula is C15H19BO2. The van der Waals surface area contributed by atoms with Gasteiger partial charge in [-0.15, -0.1) is 0 Å². The van der Waals surface area contributed by atoms with Crippen LogP contribution in [0.2, 0.25) is 0 Å². The SMILES string of the molecule is CC1(C)OB(c2cccc(C3=CC3)c2)OC1(C)C. The minimum Gasteiger partial charge on any atom is -0.399 e. The smallest absolute Gasteiger partial charge is 0.399 e. The van der Waals surface area contributed by atoms with Gasteiger partial charge in [0.05, 0.1) is 11.2 Å². The van der Waals surface area contributed by atoms with Gasteiger partial charge in [-0.05, 0) is 50.7 Å². The molecule has 1 heterocycles. The van der Waals surface area contributed by atoms with E-state index in [-0.39, 0.29) is 18.3 Å². The minimum atomic E-state index is -0.271. The van der Waals surface area contributed by atoms with Crippen LogP contribution >= 0.6 is 0 Å². The van der Waals surface area contributed by atoms with Crippen LogP contribution < -0.4 is 5.46 Å². The zero-order valence-electron chi connectivity index (χ0n) is 11.5. The van der Waals surface area contributed by atoms with Gasteiger partial charge in [-0.2, -0.15) is 0 Å². The van der Waals surface area contributed by atoms with Crippen molar-refractivity contribution in [3.8, 4) is 0 Å². The Morgan fingerprint density at radius 1 is 1.06 bits per heavy atom. The topological polar surface area (TPSA) is 18.5 Å². The van der Waals surface area contributed by atoms with E-state index in [2.05, 4.69) is 58.0 Å².